The van der Waals surface area contributed by atoms with Crippen molar-refractivity contribution in [2.75, 3.05) is 0 Å². The molecule has 5 rings (SSSR count). The molecule has 2 nitrogen and oxygen atoms in total. The first-order valence-electron chi connectivity index (χ1n) is 10.8. The van der Waals surface area contributed by atoms with Crippen molar-refractivity contribution in [1.29, 1.82) is 0 Å². The van der Waals surface area contributed by atoms with Gasteiger partial charge in [0, 0.05) is 37.2 Å². The van der Waals surface area contributed by atoms with E-state index in [1.807, 2.05) is 0 Å². The number of hydrogen-bond donors (Lipinski definition) is 0. The van der Waals surface area contributed by atoms with Crippen LogP contribution >= 0.6 is 0 Å². The molecule has 0 bridgehead atoms. The van der Waals surface area contributed by atoms with Gasteiger partial charge >= 0.3 is 0 Å². The topological polar surface area (TPSA) is 8.17 Å². The summed E-state index contributed by atoms with van der Waals surface area (Å²) in [6.07, 6.45) is 6.53. The first kappa shape index (κ1) is 18.9. The molecule has 4 aromatic rings. The second kappa shape index (κ2) is 8.33. The molecular formula is C28H28N2. The molecule has 0 unspecified atom stereocenters. The number of hydrogen-bond acceptors (Lipinski definition) is 1. The van der Waals surface area contributed by atoms with Crippen LogP contribution in [-0.4, -0.2) is 15.5 Å². The number of aromatic nitrogens is 1. The summed E-state index contributed by atoms with van der Waals surface area (Å²) in [6, 6.07) is 31.5. The Bertz CT molecular complexity index is 1080. The summed E-state index contributed by atoms with van der Waals surface area (Å²) in [5, 5.41) is 0. The van der Waals surface area contributed by atoms with Crippen LogP contribution in [0.5, 0.6) is 0 Å². The van der Waals surface area contributed by atoms with E-state index in [-0.39, 0.29) is 0 Å². The highest BCUT2D eigenvalue weighted by Crippen LogP contribution is 2.29. The Kier molecular flexibility index (Phi) is 5.25. The van der Waals surface area contributed by atoms with Gasteiger partial charge in [0.25, 0.3) is 0 Å². The number of fused-ring (bicyclic) bond motifs is 1. The van der Waals surface area contributed by atoms with E-state index < -0.39 is 0 Å². The van der Waals surface area contributed by atoms with Crippen LogP contribution in [0.25, 0.3) is 5.69 Å². The van der Waals surface area contributed by atoms with Gasteiger partial charge in [0.1, 0.15) is 0 Å². The van der Waals surface area contributed by atoms with Gasteiger partial charge in [-0.3, -0.25) is 4.90 Å². The molecule has 1 aliphatic rings. The van der Waals surface area contributed by atoms with Gasteiger partial charge < -0.3 is 4.57 Å². The standard InChI is InChI=1S/C28H28N2/c1-22-12-14-23(15-13-22)20-30(27-18-24-8-2-3-9-25(24)19-27)21-26-10-4-5-11-28(26)29-16-6-7-17-29/h2-17,27H,18-21H2,1H3. The number of aryl methyl sites for hydroxylation is 1. The van der Waals surface area contributed by atoms with Gasteiger partial charge in [-0.2, -0.15) is 0 Å². The van der Waals surface area contributed by atoms with E-state index in [0.717, 1.165) is 25.9 Å². The lowest BCUT2D eigenvalue weighted by molar-refractivity contribution is 0.183. The molecule has 0 amide bonds. The predicted molar refractivity (Wildman–Crippen MR) is 124 cm³/mol. The predicted octanol–water partition coefficient (Wildman–Crippen LogP) is 5.96. The van der Waals surface area contributed by atoms with Crippen LogP contribution in [0.15, 0.2) is 97.3 Å². The monoisotopic (exact) mass is 392 g/mol. The lowest BCUT2D eigenvalue weighted by Gasteiger charge is -2.30. The van der Waals surface area contributed by atoms with Crippen LogP contribution < -0.4 is 0 Å². The Morgan fingerprint density at radius 1 is 0.733 bits per heavy atom. The maximum absolute atomic E-state index is 2.67. The minimum absolute atomic E-state index is 0.529. The Labute approximate surface area is 179 Å². The van der Waals surface area contributed by atoms with Gasteiger partial charge in [0.05, 0.1) is 0 Å². The molecule has 0 fully saturated rings. The van der Waals surface area contributed by atoms with Crippen molar-refractivity contribution in [3.05, 3.63) is 125 Å². The van der Waals surface area contributed by atoms with Crippen LogP contribution in [0, 0.1) is 6.92 Å². The summed E-state index contributed by atoms with van der Waals surface area (Å²) in [5.41, 5.74) is 8.36. The van der Waals surface area contributed by atoms with Crippen LogP contribution in [0.2, 0.25) is 0 Å². The zero-order chi connectivity index (χ0) is 20.3. The SMILES string of the molecule is Cc1ccc(CN(Cc2ccccc2-n2cccc2)C2Cc3ccccc3C2)cc1. The molecule has 1 aliphatic carbocycles. The van der Waals surface area contributed by atoms with Gasteiger partial charge in [-0.15, -0.1) is 0 Å². The van der Waals surface area contributed by atoms with Crippen molar-refractivity contribution < 1.29 is 0 Å². The average molecular weight is 393 g/mol. The Morgan fingerprint density at radius 3 is 2.07 bits per heavy atom. The minimum atomic E-state index is 0.529. The summed E-state index contributed by atoms with van der Waals surface area (Å²) in [6.45, 7) is 4.07. The van der Waals surface area contributed by atoms with Gasteiger partial charge in [0.15, 0.2) is 0 Å². The minimum Gasteiger partial charge on any atom is -0.324 e. The molecule has 0 aliphatic heterocycles. The first-order chi connectivity index (χ1) is 14.8. The van der Waals surface area contributed by atoms with Crippen LogP contribution in [0.4, 0.5) is 0 Å². The van der Waals surface area contributed by atoms with Crippen LogP contribution in [0.3, 0.4) is 0 Å². The van der Waals surface area contributed by atoms with Gasteiger partial charge in [-0.25, -0.2) is 0 Å². The van der Waals surface area contributed by atoms with Gasteiger partial charge in [-0.1, -0.05) is 72.3 Å². The lowest BCUT2D eigenvalue weighted by Crippen LogP contribution is -2.35. The number of para-hydroxylation sites is 1. The second-order valence-corrected chi connectivity index (χ2v) is 8.44. The van der Waals surface area contributed by atoms with Gasteiger partial charge in [-0.05, 0) is 60.2 Å². The Morgan fingerprint density at radius 2 is 1.37 bits per heavy atom. The fourth-order valence-electron chi connectivity index (χ4n) is 4.65. The van der Waals surface area contributed by atoms with E-state index in [4.69, 9.17) is 0 Å². The normalized spacial score (nSPS) is 13.7. The summed E-state index contributed by atoms with van der Waals surface area (Å²) in [7, 11) is 0. The largest absolute Gasteiger partial charge is 0.324 e. The van der Waals surface area contributed by atoms with E-state index in [2.05, 4.69) is 114 Å². The lowest BCUT2D eigenvalue weighted by atomic mass is 10.1. The molecule has 0 N–H and O–H groups in total. The zero-order valence-electron chi connectivity index (χ0n) is 17.5. The van der Waals surface area contributed by atoms with E-state index >= 15 is 0 Å². The molecule has 0 saturated heterocycles. The molecule has 0 spiro atoms. The number of benzene rings is 3. The highest BCUT2D eigenvalue weighted by Gasteiger charge is 2.27. The smallest absolute Gasteiger partial charge is 0.0494 e. The quantitative estimate of drug-likeness (QED) is 0.393. The average Bonchev–Trinajstić information content (AvgIpc) is 3.45. The van der Waals surface area contributed by atoms with Crippen LogP contribution in [-0.2, 0) is 25.9 Å². The van der Waals surface area contributed by atoms with Crippen molar-refractivity contribution in [2.45, 2.75) is 38.9 Å². The van der Waals surface area contributed by atoms with E-state index in [1.54, 1.807) is 0 Å². The van der Waals surface area contributed by atoms with Crippen molar-refractivity contribution in [2.24, 2.45) is 0 Å². The molecule has 150 valence electrons. The van der Waals surface area contributed by atoms with Crippen molar-refractivity contribution in [3.8, 4) is 5.69 Å². The van der Waals surface area contributed by atoms with E-state index in [0.29, 0.717) is 6.04 Å². The molecule has 3 aromatic carbocycles. The highest BCUT2D eigenvalue weighted by atomic mass is 15.2. The molecule has 1 aromatic heterocycles. The maximum atomic E-state index is 2.67. The third-order valence-corrected chi connectivity index (χ3v) is 6.30. The van der Waals surface area contributed by atoms with Crippen molar-refractivity contribution in [1.82, 2.24) is 9.47 Å². The number of nitrogens with zero attached hydrogens (tertiary/aromatic N) is 2. The Hall–Kier alpha value is -3.10. The van der Waals surface area contributed by atoms with E-state index in [1.165, 1.54) is 33.5 Å². The molecule has 1 heterocycles. The summed E-state index contributed by atoms with van der Waals surface area (Å²) in [4.78, 5) is 2.67. The highest BCUT2D eigenvalue weighted by molar-refractivity contribution is 5.42. The molecule has 30 heavy (non-hydrogen) atoms. The fraction of sp³-hybridized carbons (Fsp3) is 0.214. The molecule has 0 radical (unpaired) electrons. The fourth-order valence-corrected chi connectivity index (χ4v) is 4.65. The summed E-state index contributed by atoms with van der Waals surface area (Å²) >= 11 is 0. The van der Waals surface area contributed by atoms with Crippen LogP contribution in [0.1, 0.15) is 27.8 Å². The van der Waals surface area contributed by atoms with Gasteiger partial charge in [0.2, 0.25) is 0 Å². The third kappa shape index (κ3) is 3.96. The third-order valence-electron chi connectivity index (χ3n) is 6.30. The Balaban J connectivity index is 1.46. The maximum Gasteiger partial charge on any atom is 0.0494 e. The summed E-state index contributed by atoms with van der Waals surface area (Å²) in [5.74, 6) is 0. The molecule has 2 heteroatoms. The van der Waals surface area contributed by atoms with Crippen molar-refractivity contribution in [3.63, 3.8) is 0 Å². The molecular weight excluding hydrogens is 364 g/mol. The second-order valence-electron chi connectivity index (χ2n) is 8.44. The van der Waals surface area contributed by atoms with Crippen molar-refractivity contribution >= 4 is 0 Å². The molecule has 0 atom stereocenters. The summed E-state index contributed by atoms with van der Waals surface area (Å²) < 4.78 is 2.22. The van der Waals surface area contributed by atoms with E-state index in [9.17, 15) is 0 Å². The zero-order valence-corrected chi connectivity index (χ0v) is 17.5. The molecule has 0 saturated carbocycles. The number of rotatable bonds is 6. The first-order valence-corrected chi connectivity index (χ1v) is 10.8.